The number of carbonyl (C=O) groups is 2. The van der Waals surface area contributed by atoms with Crippen molar-refractivity contribution in [3.8, 4) is 0 Å². The Morgan fingerprint density at radius 3 is 2.80 bits per heavy atom. The lowest BCUT2D eigenvalue weighted by Gasteiger charge is -2.18. The second-order valence-corrected chi connectivity index (χ2v) is 8.37. The maximum atomic E-state index is 12.6. The lowest BCUT2D eigenvalue weighted by Crippen LogP contribution is -2.36. The van der Waals surface area contributed by atoms with Gasteiger partial charge in [-0.1, -0.05) is 0 Å². The Hall–Kier alpha value is -1.93. The van der Waals surface area contributed by atoms with E-state index < -0.39 is 22.0 Å². The molecule has 0 aromatic heterocycles. The summed E-state index contributed by atoms with van der Waals surface area (Å²) in [5.41, 5.74) is 0.345. The van der Waals surface area contributed by atoms with Crippen LogP contribution >= 0.6 is 0 Å². The summed E-state index contributed by atoms with van der Waals surface area (Å²) in [4.78, 5) is 24.5. The molecule has 7 nitrogen and oxygen atoms in total. The van der Waals surface area contributed by atoms with Gasteiger partial charge in [0, 0.05) is 24.8 Å². The minimum Gasteiger partial charge on any atom is -0.378 e. The highest BCUT2D eigenvalue weighted by Gasteiger charge is 2.42. The molecule has 0 saturated carbocycles. The third kappa shape index (κ3) is 3.28. The molecule has 0 spiro atoms. The van der Waals surface area contributed by atoms with Gasteiger partial charge in [-0.15, -0.1) is 0 Å². The van der Waals surface area contributed by atoms with Crippen molar-refractivity contribution in [2.75, 3.05) is 13.2 Å². The Morgan fingerprint density at radius 1 is 1.40 bits per heavy atom. The molecule has 1 saturated heterocycles. The molecule has 0 unspecified atom stereocenters. The van der Waals surface area contributed by atoms with Crippen LogP contribution in [-0.4, -0.2) is 49.8 Å². The summed E-state index contributed by atoms with van der Waals surface area (Å²) < 4.78 is 31.5. The van der Waals surface area contributed by atoms with Crippen LogP contribution in [0.2, 0.25) is 0 Å². The number of benzene rings is 1. The van der Waals surface area contributed by atoms with Gasteiger partial charge in [0.2, 0.25) is 0 Å². The van der Waals surface area contributed by atoms with Crippen LogP contribution in [0.3, 0.4) is 0 Å². The minimum absolute atomic E-state index is 0.0991. The molecule has 3 rings (SSSR count). The second-order valence-electron chi connectivity index (χ2n) is 6.59. The first-order chi connectivity index (χ1) is 11.8. The molecule has 2 aliphatic heterocycles. The first kappa shape index (κ1) is 17.9. The Bertz CT molecular complexity index is 797. The number of nitrogens with one attached hydrogen (secondary N) is 1. The van der Waals surface area contributed by atoms with Crippen molar-refractivity contribution in [2.24, 2.45) is 0 Å². The molecule has 136 valence electrons. The summed E-state index contributed by atoms with van der Waals surface area (Å²) in [6.07, 6.45) is 2.95. The van der Waals surface area contributed by atoms with E-state index in [1.807, 2.05) is 0 Å². The number of amides is 2. The lowest BCUT2D eigenvalue weighted by molar-refractivity contribution is 0.0844. The van der Waals surface area contributed by atoms with Gasteiger partial charge < -0.3 is 10.1 Å². The molecule has 0 aliphatic carbocycles. The van der Waals surface area contributed by atoms with Crippen LogP contribution in [0.25, 0.3) is 0 Å². The van der Waals surface area contributed by atoms with Gasteiger partial charge in [-0.25, -0.2) is 12.7 Å². The molecule has 2 amide bonds. The van der Waals surface area contributed by atoms with Gasteiger partial charge in [-0.2, -0.15) is 0 Å². The molecule has 1 aromatic rings. The normalized spacial score (nSPS) is 21.6. The van der Waals surface area contributed by atoms with Crippen LogP contribution in [0.5, 0.6) is 0 Å². The molecule has 2 aliphatic rings. The van der Waals surface area contributed by atoms with Crippen LogP contribution in [0.1, 0.15) is 53.8 Å². The van der Waals surface area contributed by atoms with E-state index >= 15 is 0 Å². The van der Waals surface area contributed by atoms with E-state index in [1.165, 1.54) is 18.2 Å². The molecule has 0 bridgehead atoms. The molecule has 8 heteroatoms. The predicted octanol–water partition coefficient (Wildman–Crippen LogP) is 1.54. The Labute approximate surface area is 147 Å². The van der Waals surface area contributed by atoms with E-state index in [0.29, 0.717) is 6.54 Å². The van der Waals surface area contributed by atoms with E-state index in [1.54, 1.807) is 13.8 Å². The fourth-order valence-electron chi connectivity index (χ4n) is 3.22. The quantitative estimate of drug-likeness (QED) is 0.853. The fourth-order valence-corrected chi connectivity index (χ4v) is 5.01. The van der Waals surface area contributed by atoms with Crippen molar-refractivity contribution in [3.63, 3.8) is 0 Å². The minimum atomic E-state index is -3.90. The Balaban J connectivity index is 1.74. The van der Waals surface area contributed by atoms with Crippen LogP contribution in [0.15, 0.2) is 23.1 Å². The highest BCUT2D eigenvalue weighted by molar-refractivity contribution is 7.90. The highest BCUT2D eigenvalue weighted by atomic mass is 32.2. The van der Waals surface area contributed by atoms with Crippen LogP contribution in [-0.2, 0) is 14.8 Å². The second kappa shape index (κ2) is 6.76. The lowest BCUT2D eigenvalue weighted by atomic mass is 10.1. The molecule has 2 heterocycles. The summed E-state index contributed by atoms with van der Waals surface area (Å²) in [6.45, 7) is 4.51. The molecule has 1 atom stereocenters. The maximum Gasteiger partial charge on any atom is 0.269 e. The zero-order valence-corrected chi connectivity index (χ0v) is 15.1. The molecular weight excluding hydrogens is 344 g/mol. The highest BCUT2D eigenvalue weighted by Crippen LogP contribution is 2.32. The molecule has 25 heavy (non-hydrogen) atoms. The number of sulfonamides is 1. The average molecular weight is 366 g/mol. The first-order valence-electron chi connectivity index (χ1n) is 8.45. The number of carbonyl (C=O) groups excluding carboxylic acids is 2. The van der Waals surface area contributed by atoms with E-state index in [2.05, 4.69) is 5.32 Å². The smallest absolute Gasteiger partial charge is 0.269 e. The van der Waals surface area contributed by atoms with Crippen molar-refractivity contribution < 1.29 is 22.7 Å². The van der Waals surface area contributed by atoms with Gasteiger partial charge in [0.1, 0.15) is 4.90 Å². The van der Waals surface area contributed by atoms with Crippen molar-refractivity contribution in [3.05, 3.63) is 29.3 Å². The average Bonchev–Trinajstić information content (AvgIpc) is 3.12. The summed E-state index contributed by atoms with van der Waals surface area (Å²) in [5, 5.41) is 2.78. The first-order valence-corrected chi connectivity index (χ1v) is 9.89. The number of ether oxygens (including phenoxy) is 1. The topological polar surface area (TPSA) is 92.8 Å². The largest absolute Gasteiger partial charge is 0.378 e. The van der Waals surface area contributed by atoms with Crippen LogP contribution in [0, 0.1) is 0 Å². The number of rotatable bonds is 5. The third-order valence-corrected chi connectivity index (χ3v) is 6.46. The van der Waals surface area contributed by atoms with Crippen molar-refractivity contribution >= 4 is 21.8 Å². The number of fused-ring (bicyclic) bond motifs is 1. The monoisotopic (exact) mass is 366 g/mol. The summed E-state index contributed by atoms with van der Waals surface area (Å²) >= 11 is 0. The zero-order valence-electron chi connectivity index (χ0n) is 14.3. The summed E-state index contributed by atoms with van der Waals surface area (Å²) in [5.74, 6) is -0.901. The number of hydrogen-bond acceptors (Lipinski definition) is 5. The standard InChI is InChI=1S/C17H22N2O5S/c1-11(2)19-17(21)14-6-5-12(10-15(14)25(19,22)23)16(20)18-8-7-13-4-3-9-24-13/h5-6,10-11,13H,3-4,7-9H2,1-2H3,(H,18,20)/t13-/m1/s1. The van der Waals surface area contributed by atoms with E-state index in [-0.39, 0.29) is 28.0 Å². The van der Waals surface area contributed by atoms with Gasteiger partial charge in [-0.3, -0.25) is 9.59 Å². The van der Waals surface area contributed by atoms with Crippen molar-refractivity contribution in [1.29, 1.82) is 0 Å². The van der Waals surface area contributed by atoms with Crippen molar-refractivity contribution in [2.45, 2.75) is 50.2 Å². The van der Waals surface area contributed by atoms with Gasteiger partial charge >= 0.3 is 0 Å². The molecule has 1 fully saturated rings. The van der Waals surface area contributed by atoms with Crippen LogP contribution < -0.4 is 5.32 Å². The van der Waals surface area contributed by atoms with Gasteiger partial charge in [0.25, 0.3) is 21.8 Å². The fraction of sp³-hybridized carbons (Fsp3) is 0.529. The predicted molar refractivity (Wildman–Crippen MR) is 90.9 cm³/mol. The van der Waals surface area contributed by atoms with Gasteiger partial charge in [-0.05, 0) is 51.3 Å². The van der Waals surface area contributed by atoms with Gasteiger partial charge in [0.05, 0.1) is 11.7 Å². The van der Waals surface area contributed by atoms with E-state index in [9.17, 15) is 18.0 Å². The molecular formula is C17H22N2O5S. The zero-order chi connectivity index (χ0) is 18.2. The number of hydrogen-bond donors (Lipinski definition) is 1. The molecule has 0 radical (unpaired) electrons. The Kier molecular flexibility index (Phi) is 4.83. The SMILES string of the molecule is CC(C)N1C(=O)c2ccc(C(=O)NCC[C@H]3CCCO3)cc2S1(=O)=O. The third-order valence-electron chi connectivity index (χ3n) is 4.46. The van der Waals surface area contributed by atoms with Crippen molar-refractivity contribution in [1.82, 2.24) is 9.62 Å². The van der Waals surface area contributed by atoms with E-state index in [4.69, 9.17) is 4.74 Å². The molecule has 1 N–H and O–H groups in total. The molecule has 1 aromatic carbocycles. The van der Waals surface area contributed by atoms with E-state index in [0.717, 1.165) is 30.2 Å². The van der Waals surface area contributed by atoms with Gasteiger partial charge in [0.15, 0.2) is 0 Å². The summed E-state index contributed by atoms with van der Waals surface area (Å²) in [7, 11) is -3.90. The number of nitrogens with zero attached hydrogens (tertiary/aromatic N) is 1. The summed E-state index contributed by atoms with van der Waals surface area (Å²) in [6, 6.07) is 3.70. The maximum absolute atomic E-state index is 12.6. The van der Waals surface area contributed by atoms with Crippen LogP contribution in [0.4, 0.5) is 0 Å². The Morgan fingerprint density at radius 2 is 2.16 bits per heavy atom.